The summed E-state index contributed by atoms with van der Waals surface area (Å²) in [5.41, 5.74) is 12.6. The lowest BCUT2D eigenvalue weighted by molar-refractivity contribution is 0.478. The standard InChI is InChI=1S/C21H15N5O9S4/c22-9-16-19(10-1-3-11(23)4-2-10)21(36-20(16)24)26-25-12-5-14-15(17(6-12)38(30,31)32)7-13(37(27,28)29)8-18(14)39(33,34)35/h1-8H,23-24H2,(H,27,28,29)(H,30,31,32)(H,33,34,35). The average molecular weight is 610 g/mol. The van der Waals surface area contributed by atoms with E-state index in [0.717, 1.165) is 23.5 Å². The number of rotatable bonds is 6. The molecule has 202 valence electrons. The van der Waals surface area contributed by atoms with E-state index in [1.807, 2.05) is 6.07 Å². The first kappa shape index (κ1) is 28.1. The molecule has 0 unspecified atom stereocenters. The minimum atomic E-state index is -5.20. The van der Waals surface area contributed by atoms with Gasteiger partial charge in [0.2, 0.25) is 0 Å². The predicted molar refractivity (Wildman–Crippen MR) is 141 cm³/mol. The molecule has 0 aliphatic heterocycles. The van der Waals surface area contributed by atoms with Crippen molar-refractivity contribution < 1.29 is 38.9 Å². The van der Waals surface area contributed by atoms with Crippen LogP contribution < -0.4 is 11.5 Å². The summed E-state index contributed by atoms with van der Waals surface area (Å²) in [6, 6.07) is 11.0. The van der Waals surface area contributed by atoms with E-state index in [4.69, 9.17) is 11.5 Å². The van der Waals surface area contributed by atoms with Gasteiger partial charge in [-0.2, -0.15) is 30.5 Å². The summed E-state index contributed by atoms with van der Waals surface area (Å²) in [5.74, 6) is 0. The van der Waals surface area contributed by atoms with Gasteiger partial charge < -0.3 is 11.5 Å². The van der Waals surface area contributed by atoms with Gasteiger partial charge in [0.05, 0.1) is 16.1 Å². The van der Waals surface area contributed by atoms with E-state index in [1.165, 1.54) is 0 Å². The average Bonchev–Trinajstić information content (AvgIpc) is 3.15. The van der Waals surface area contributed by atoms with Gasteiger partial charge in [-0.1, -0.05) is 23.5 Å². The molecule has 0 aliphatic rings. The fourth-order valence-corrected chi connectivity index (χ4v) is 6.54. The van der Waals surface area contributed by atoms with E-state index in [1.54, 1.807) is 24.3 Å². The van der Waals surface area contributed by atoms with Crippen LogP contribution in [0.1, 0.15) is 5.56 Å². The third kappa shape index (κ3) is 5.59. The Balaban J connectivity index is 2.01. The number of hydrogen-bond donors (Lipinski definition) is 5. The number of fused-ring (bicyclic) bond motifs is 1. The summed E-state index contributed by atoms with van der Waals surface area (Å²) >= 11 is 0.875. The summed E-state index contributed by atoms with van der Waals surface area (Å²) in [5, 5.41) is 16.5. The molecule has 0 aliphatic carbocycles. The van der Waals surface area contributed by atoms with E-state index in [-0.39, 0.29) is 26.8 Å². The summed E-state index contributed by atoms with van der Waals surface area (Å²) < 4.78 is 101. The first-order chi connectivity index (χ1) is 18.0. The van der Waals surface area contributed by atoms with Crippen molar-refractivity contribution >= 4 is 73.8 Å². The number of thiophene rings is 1. The molecule has 0 fully saturated rings. The molecular weight excluding hydrogens is 595 g/mol. The van der Waals surface area contributed by atoms with Crippen LogP contribution >= 0.6 is 11.3 Å². The van der Waals surface area contributed by atoms with Crippen molar-refractivity contribution in [3.63, 3.8) is 0 Å². The SMILES string of the molecule is N#Cc1c(N)sc(N=Nc2cc(S(=O)(=O)O)c3cc(S(=O)(=O)O)cc(S(=O)(=O)O)c3c2)c1-c1ccc(N)cc1. The molecule has 0 amide bonds. The fourth-order valence-electron chi connectivity index (χ4n) is 3.63. The largest absolute Gasteiger partial charge is 0.399 e. The first-order valence-electron chi connectivity index (χ1n) is 10.1. The zero-order chi connectivity index (χ0) is 28.9. The van der Waals surface area contributed by atoms with Gasteiger partial charge >= 0.3 is 0 Å². The molecule has 3 aromatic carbocycles. The molecule has 0 spiro atoms. The Morgan fingerprint density at radius 2 is 1.33 bits per heavy atom. The molecule has 18 heteroatoms. The Hall–Kier alpha value is -3.96. The number of nitrogens with two attached hydrogens (primary N) is 2. The number of benzene rings is 3. The van der Waals surface area contributed by atoms with Crippen molar-refractivity contribution in [1.82, 2.24) is 0 Å². The Kier molecular flexibility index (Phi) is 6.95. The first-order valence-corrected chi connectivity index (χ1v) is 15.3. The Bertz CT molecular complexity index is 2060. The third-order valence-corrected chi connectivity index (χ3v) is 8.81. The molecule has 0 atom stereocenters. The number of anilines is 2. The Morgan fingerprint density at radius 3 is 1.87 bits per heavy atom. The van der Waals surface area contributed by atoms with Gasteiger partial charge in [0.25, 0.3) is 30.4 Å². The zero-order valence-electron chi connectivity index (χ0n) is 19.0. The van der Waals surface area contributed by atoms with Gasteiger partial charge in [0.15, 0.2) is 0 Å². The van der Waals surface area contributed by atoms with Crippen molar-refractivity contribution in [2.24, 2.45) is 10.2 Å². The van der Waals surface area contributed by atoms with Crippen LogP contribution in [-0.2, 0) is 30.4 Å². The lowest BCUT2D eigenvalue weighted by Crippen LogP contribution is -2.07. The molecule has 39 heavy (non-hydrogen) atoms. The Morgan fingerprint density at radius 1 is 0.769 bits per heavy atom. The molecule has 0 saturated carbocycles. The molecule has 7 N–H and O–H groups in total. The van der Waals surface area contributed by atoms with Gasteiger partial charge in [0, 0.05) is 22.0 Å². The van der Waals surface area contributed by atoms with Gasteiger partial charge in [-0.15, -0.1) is 10.2 Å². The molecular formula is C21H15N5O9S4. The highest BCUT2D eigenvalue weighted by atomic mass is 32.2. The highest BCUT2D eigenvalue weighted by Gasteiger charge is 2.26. The van der Waals surface area contributed by atoms with E-state index in [0.29, 0.717) is 23.4 Å². The second-order valence-electron chi connectivity index (χ2n) is 7.84. The molecule has 0 bridgehead atoms. The van der Waals surface area contributed by atoms with Gasteiger partial charge in [-0.25, -0.2) is 0 Å². The van der Waals surface area contributed by atoms with Crippen LogP contribution in [0.25, 0.3) is 21.9 Å². The summed E-state index contributed by atoms with van der Waals surface area (Å²) in [4.78, 5) is -3.15. The van der Waals surface area contributed by atoms with Crippen LogP contribution in [0.2, 0.25) is 0 Å². The van der Waals surface area contributed by atoms with Crippen LogP contribution in [0.5, 0.6) is 0 Å². The minimum Gasteiger partial charge on any atom is -0.399 e. The van der Waals surface area contributed by atoms with Crippen LogP contribution in [0.15, 0.2) is 73.4 Å². The second-order valence-corrected chi connectivity index (χ2v) is 13.1. The fraction of sp³-hybridized carbons (Fsp3) is 0. The Labute approximate surface area is 225 Å². The predicted octanol–water partition coefficient (Wildman–Crippen LogP) is 3.76. The summed E-state index contributed by atoms with van der Waals surface area (Å²) in [7, 11) is -15.4. The van der Waals surface area contributed by atoms with Crippen molar-refractivity contribution in [3.8, 4) is 17.2 Å². The highest BCUT2D eigenvalue weighted by Crippen LogP contribution is 2.45. The second kappa shape index (κ2) is 9.65. The van der Waals surface area contributed by atoms with Crippen molar-refractivity contribution in [2.75, 3.05) is 11.5 Å². The molecule has 1 heterocycles. The van der Waals surface area contributed by atoms with Crippen molar-refractivity contribution in [3.05, 3.63) is 54.1 Å². The number of nitriles is 1. The third-order valence-electron chi connectivity index (χ3n) is 5.29. The van der Waals surface area contributed by atoms with E-state index < -0.39 is 55.8 Å². The van der Waals surface area contributed by atoms with Crippen LogP contribution in [0, 0.1) is 11.3 Å². The number of hydrogen-bond acceptors (Lipinski definition) is 12. The van der Waals surface area contributed by atoms with E-state index >= 15 is 0 Å². The van der Waals surface area contributed by atoms with Crippen LogP contribution in [0.3, 0.4) is 0 Å². The summed E-state index contributed by atoms with van der Waals surface area (Å²) in [6.45, 7) is 0. The maximum atomic E-state index is 12.1. The topological polar surface area (TPSA) is 264 Å². The summed E-state index contributed by atoms with van der Waals surface area (Å²) in [6.07, 6.45) is 0. The molecule has 1 aromatic heterocycles. The normalized spacial score (nSPS) is 12.7. The smallest absolute Gasteiger partial charge is 0.295 e. The lowest BCUT2D eigenvalue weighted by Gasteiger charge is -2.11. The molecule has 0 saturated heterocycles. The number of nitrogen functional groups attached to an aromatic ring is 2. The molecule has 4 rings (SSSR count). The van der Waals surface area contributed by atoms with E-state index in [2.05, 4.69) is 10.2 Å². The van der Waals surface area contributed by atoms with Crippen molar-refractivity contribution in [1.29, 1.82) is 5.26 Å². The highest BCUT2D eigenvalue weighted by molar-refractivity contribution is 7.87. The maximum absolute atomic E-state index is 12.1. The zero-order valence-corrected chi connectivity index (χ0v) is 22.3. The van der Waals surface area contributed by atoms with E-state index in [9.17, 15) is 44.2 Å². The molecule has 0 radical (unpaired) electrons. The number of nitrogens with zero attached hydrogens (tertiary/aromatic N) is 3. The molecule has 4 aromatic rings. The monoisotopic (exact) mass is 609 g/mol. The lowest BCUT2D eigenvalue weighted by atomic mass is 10.0. The van der Waals surface area contributed by atoms with Crippen LogP contribution in [0.4, 0.5) is 21.4 Å². The van der Waals surface area contributed by atoms with Gasteiger partial charge in [-0.05, 0) is 42.0 Å². The quantitative estimate of drug-likeness (QED) is 0.119. The minimum absolute atomic E-state index is 0.0854. The van der Waals surface area contributed by atoms with Crippen molar-refractivity contribution in [2.45, 2.75) is 14.7 Å². The maximum Gasteiger partial charge on any atom is 0.295 e. The van der Waals surface area contributed by atoms with Gasteiger partial charge in [0.1, 0.15) is 25.9 Å². The number of azo groups is 1. The molecule has 14 nitrogen and oxygen atoms in total. The van der Waals surface area contributed by atoms with Gasteiger partial charge in [-0.3, -0.25) is 13.7 Å². The van der Waals surface area contributed by atoms with Crippen LogP contribution in [-0.4, -0.2) is 38.9 Å².